The SMILES string of the molecule is Fc1ccc(C=Nc2cccc(-c3ccccc3)c2)cc1. The van der Waals surface area contributed by atoms with Crippen molar-refractivity contribution in [3.8, 4) is 11.1 Å². The van der Waals surface area contributed by atoms with Crippen molar-refractivity contribution in [1.29, 1.82) is 0 Å². The molecular weight excluding hydrogens is 261 g/mol. The van der Waals surface area contributed by atoms with Crippen molar-refractivity contribution in [2.75, 3.05) is 0 Å². The average Bonchev–Trinajstić information content (AvgIpc) is 2.55. The molecule has 3 aromatic carbocycles. The third-order valence-electron chi connectivity index (χ3n) is 3.19. The number of nitrogens with zero attached hydrogens (tertiary/aromatic N) is 1. The van der Waals surface area contributed by atoms with Gasteiger partial charge in [0.15, 0.2) is 0 Å². The Morgan fingerprint density at radius 1 is 0.714 bits per heavy atom. The largest absolute Gasteiger partial charge is 0.256 e. The van der Waals surface area contributed by atoms with E-state index in [4.69, 9.17) is 0 Å². The number of hydrogen-bond donors (Lipinski definition) is 0. The molecule has 0 N–H and O–H groups in total. The fourth-order valence-electron chi connectivity index (χ4n) is 2.09. The molecule has 1 nitrogen and oxygen atoms in total. The van der Waals surface area contributed by atoms with Crippen molar-refractivity contribution in [2.24, 2.45) is 4.99 Å². The minimum atomic E-state index is -0.238. The lowest BCUT2D eigenvalue weighted by atomic mass is 10.1. The van der Waals surface area contributed by atoms with Crippen LogP contribution in [0.5, 0.6) is 0 Å². The van der Waals surface area contributed by atoms with Gasteiger partial charge in [-0.2, -0.15) is 0 Å². The number of halogens is 1. The zero-order chi connectivity index (χ0) is 14.5. The maximum atomic E-state index is 12.8. The highest BCUT2D eigenvalue weighted by atomic mass is 19.1. The Labute approximate surface area is 123 Å². The maximum Gasteiger partial charge on any atom is 0.123 e. The van der Waals surface area contributed by atoms with Gasteiger partial charge in [0.25, 0.3) is 0 Å². The van der Waals surface area contributed by atoms with Crippen molar-refractivity contribution in [3.05, 3.63) is 90.2 Å². The third-order valence-corrected chi connectivity index (χ3v) is 3.19. The minimum Gasteiger partial charge on any atom is -0.256 e. The zero-order valence-corrected chi connectivity index (χ0v) is 11.4. The molecule has 0 saturated heterocycles. The predicted molar refractivity (Wildman–Crippen MR) is 85.5 cm³/mol. The second-order valence-corrected chi connectivity index (χ2v) is 4.73. The van der Waals surface area contributed by atoms with Gasteiger partial charge in [-0.05, 0) is 41.0 Å². The fraction of sp³-hybridized carbons (Fsp3) is 0. The molecule has 2 heteroatoms. The van der Waals surface area contributed by atoms with E-state index in [0.29, 0.717) is 0 Å². The normalized spacial score (nSPS) is 10.9. The monoisotopic (exact) mass is 275 g/mol. The molecule has 0 fully saturated rings. The third kappa shape index (κ3) is 3.42. The molecule has 0 radical (unpaired) electrons. The summed E-state index contributed by atoms with van der Waals surface area (Å²) in [5, 5.41) is 0. The summed E-state index contributed by atoms with van der Waals surface area (Å²) < 4.78 is 12.8. The lowest BCUT2D eigenvalue weighted by molar-refractivity contribution is 0.628. The smallest absolute Gasteiger partial charge is 0.123 e. The number of aliphatic imine (C=N–C) groups is 1. The van der Waals surface area contributed by atoms with Crippen LogP contribution in [0.1, 0.15) is 5.56 Å². The van der Waals surface area contributed by atoms with E-state index in [1.165, 1.54) is 12.1 Å². The van der Waals surface area contributed by atoms with E-state index in [1.54, 1.807) is 18.3 Å². The Bertz CT molecular complexity index is 746. The molecule has 0 unspecified atom stereocenters. The van der Waals surface area contributed by atoms with E-state index >= 15 is 0 Å². The Morgan fingerprint density at radius 2 is 1.43 bits per heavy atom. The maximum absolute atomic E-state index is 12.8. The topological polar surface area (TPSA) is 12.4 Å². The molecule has 0 heterocycles. The highest BCUT2D eigenvalue weighted by Crippen LogP contribution is 2.23. The minimum absolute atomic E-state index is 0.238. The van der Waals surface area contributed by atoms with Gasteiger partial charge in [-0.1, -0.05) is 54.6 Å². The van der Waals surface area contributed by atoms with Gasteiger partial charge in [-0.25, -0.2) is 4.39 Å². The Kier molecular flexibility index (Phi) is 3.88. The van der Waals surface area contributed by atoms with Crippen LogP contribution in [0, 0.1) is 5.82 Å². The van der Waals surface area contributed by atoms with Crippen LogP contribution in [0.3, 0.4) is 0 Å². The van der Waals surface area contributed by atoms with Crippen molar-refractivity contribution in [2.45, 2.75) is 0 Å². The summed E-state index contributed by atoms with van der Waals surface area (Å²) in [6.45, 7) is 0. The van der Waals surface area contributed by atoms with Gasteiger partial charge in [0.2, 0.25) is 0 Å². The summed E-state index contributed by atoms with van der Waals surface area (Å²) in [6, 6.07) is 24.5. The summed E-state index contributed by atoms with van der Waals surface area (Å²) in [5.41, 5.74) is 4.04. The Morgan fingerprint density at radius 3 is 2.19 bits per heavy atom. The van der Waals surface area contributed by atoms with Gasteiger partial charge in [0.1, 0.15) is 5.82 Å². The number of rotatable bonds is 3. The summed E-state index contributed by atoms with van der Waals surface area (Å²) >= 11 is 0. The number of hydrogen-bond acceptors (Lipinski definition) is 1. The van der Waals surface area contributed by atoms with Gasteiger partial charge in [0.05, 0.1) is 5.69 Å². The summed E-state index contributed by atoms with van der Waals surface area (Å²) in [7, 11) is 0. The molecule has 0 spiro atoms. The van der Waals surface area contributed by atoms with Crippen LogP contribution >= 0.6 is 0 Å². The second-order valence-electron chi connectivity index (χ2n) is 4.73. The molecule has 0 amide bonds. The van der Waals surface area contributed by atoms with E-state index in [1.807, 2.05) is 36.4 Å². The van der Waals surface area contributed by atoms with Gasteiger partial charge in [-0.15, -0.1) is 0 Å². The van der Waals surface area contributed by atoms with Crippen LogP contribution in [-0.2, 0) is 0 Å². The Balaban J connectivity index is 1.85. The molecule has 0 saturated carbocycles. The van der Waals surface area contributed by atoms with Crippen LogP contribution in [0.15, 0.2) is 83.9 Å². The lowest BCUT2D eigenvalue weighted by Gasteiger charge is -2.02. The zero-order valence-electron chi connectivity index (χ0n) is 11.4. The van der Waals surface area contributed by atoms with E-state index < -0.39 is 0 Å². The lowest BCUT2D eigenvalue weighted by Crippen LogP contribution is -1.81. The van der Waals surface area contributed by atoms with Crippen molar-refractivity contribution >= 4 is 11.9 Å². The first kappa shape index (κ1) is 13.3. The van der Waals surface area contributed by atoms with Gasteiger partial charge >= 0.3 is 0 Å². The van der Waals surface area contributed by atoms with Crippen molar-refractivity contribution in [1.82, 2.24) is 0 Å². The molecule has 0 aliphatic rings. The summed E-state index contributed by atoms with van der Waals surface area (Å²) in [4.78, 5) is 4.44. The molecule has 21 heavy (non-hydrogen) atoms. The molecule has 0 atom stereocenters. The molecule has 102 valence electrons. The van der Waals surface area contributed by atoms with Crippen LogP contribution in [0.25, 0.3) is 11.1 Å². The molecule has 0 bridgehead atoms. The molecule has 3 aromatic rings. The first-order valence-corrected chi connectivity index (χ1v) is 6.76. The highest BCUT2D eigenvalue weighted by molar-refractivity contribution is 5.82. The van der Waals surface area contributed by atoms with Crippen LogP contribution < -0.4 is 0 Å². The first-order chi connectivity index (χ1) is 10.3. The van der Waals surface area contributed by atoms with Gasteiger partial charge in [0, 0.05) is 6.21 Å². The fourth-order valence-corrected chi connectivity index (χ4v) is 2.09. The summed E-state index contributed by atoms with van der Waals surface area (Å²) in [5.74, 6) is -0.238. The predicted octanol–water partition coefficient (Wildman–Crippen LogP) is 5.24. The highest BCUT2D eigenvalue weighted by Gasteiger charge is 1.97. The van der Waals surface area contributed by atoms with Crippen molar-refractivity contribution < 1.29 is 4.39 Å². The number of benzene rings is 3. The van der Waals surface area contributed by atoms with Gasteiger partial charge < -0.3 is 0 Å². The quantitative estimate of drug-likeness (QED) is 0.579. The molecular formula is C19H14FN. The van der Waals surface area contributed by atoms with E-state index in [9.17, 15) is 4.39 Å². The molecule has 0 aliphatic carbocycles. The molecule has 0 aromatic heterocycles. The van der Waals surface area contributed by atoms with E-state index in [-0.39, 0.29) is 5.82 Å². The van der Waals surface area contributed by atoms with Crippen LogP contribution in [-0.4, -0.2) is 6.21 Å². The van der Waals surface area contributed by atoms with E-state index in [2.05, 4.69) is 23.2 Å². The van der Waals surface area contributed by atoms with E-state index in [0.717, 1.165) is 22.4 Å². The van der Waals surface area contributed by atoms with Crippen LogP contribution in [0.4, 0.5) is 10.1 Å². The van der Waals surface area contributed by atoms with Gasteiger partial charge in [-0.3, -0.25) is 4.99 Å². The second kappa shape index (κ2) is 6.14. The van der Waals surface area contributed by atoms with Crippen LogP contribution in [0.2, 0.25) is 0 Å². The Hall–Kier alpha value is -2.74. The average molecular weight is 275 g/mol. The first-order valence-electron chi connectivity index (χ1n) is 6.76. The standard InChI is InChI=1S/C19H14FN/c20-18-11-9-15(10-12-18)14-21-19-8-4-7-17(13-19)16-5-2-1-3-6-16/h1-14H. The summed E-state index contributed by atoms with van der Waals surface area (Å²) in [6.07, 6.45) is 1.74. The van der Waals surface area contributed by atoms with Crippen molar-refractivity contribution in [3.63, 3.8) is 0 Å². The molecule has 3 rings (SSSR count). The molecule has 0 aliphatic heterocycles.